The van der Waals surface area contributed by atoms with Crippen molar-refractivity contribution in [2.24, 2.45) is 11.3 Å². The van der Waals surface area contributed by atoms with Gasteiger partial charge in [0.25, 0.3) is 5.91 Å². The zero-order valence-corrected chi connectivity index (χ0v) is 28.2. The number of sulfonamides is 1. The van der Waals surface area contributed by atoms with Crippen LogP contribution in [0.15, 0.2) is 30.7 Å². The van der Waals surface area contributed by atoms with Crippen molar-refractivity contribution in [1.29, 1.82) is 0 Å². The van der Waals surface area contributed by atoms with Gasteiger partial charge in [-0.25, -0.2) is 27.5 Å². The highest BCUT2D eigenvalue weighted by atomic mass is 32.2. The molecule has 248 valence electrons. The summed E-state index contributed by atoms with van der Waals surface area (Å²) in [5.74, 6) is 1.26. The Balaban J connectivity index is 1.15. The van der Waals surface area contributed by atoms with Crippen LogP contribution in [0.3, 0.4) is 0 Å². The SMILES string of the molecule is CCN(C(=O)c1cc(F)ccc1Oc1cncnc1N1CC2(CCN(C[C@H]3CC[C@@H](NS(=O)(=O)C(C)C)CC3)CC2)C1)C(C)C. The second kappa shape index (κ2) is 13.9. The Kier molecular flexibility index (Phi) is 10.3. The van der Waals surface area contributed by atoms with Crippen molar-refractivity contribution >= 4 is 21.7 Å². The van der Waals surface area contributed by atoms with Crippen molar-refractivity contribution in [3.63, 3.8) is 0 Å². The number of piperidine rings is 1. The molecule has 3 heterocycles. The number of halogens is 1. The first-order valence-electron chi connectivity index (χ1n) is 16.5. The molecule has 0 radical (unpaired) electrons. The largest absolute Gasteiger partial charge is 0.451 e. The fourth-order valence-electron chi connectivity index (χ4n) is 7.03. The van der Waals surface area contributed by atoms with Crippen molar-refractivity contribution in [2.75, 3.05) is 44.2 Å². The Morgan fingerprint density at radius 3 is 2.42 bits per heavy atom. The summed E-state index contributed by atoms with van der Waals surface area (Å²) in [5, 5.41) is -0.397. The van der Waals surface area contributed by atoms with Gasteiger partial charge in [0.1, 0.15) is 17.9 Å². The first kappa shape index (κ1) is 33.5. The van der Waals surface area contributed by atoms with Crippen LogP contribution in [0.1, 0.15) is 83.5 Å². The van der Waals surface area contributed by atoms with Crippen LogP contribution < -0.4 is 14.4 Å². The van der Waals surface area contributed by atoms with Gasteiger partial charge < -0.3 is 19.4 Å². The highest BCUT2D eigenvalue weighted by molar-refractivity contribution is 7.90. The summed E-state index contributed by atoms with van der Waals surface area (Å²) in [6.07, 6.45) is 9.30. The first-order valence-corrected chi connectivity index (χ1v) is 18.0. The average molecular weight is 645 g/mol. The van der Waals surface area contributed by atoms with Crippen LogP contribution in [-0.4, -0.2) is 90.7 Å². The summed E-state index contributed by atoms with van der Waals surface area (Å²) in [6.45, 7) is 14.7. The van der Waals surface area contributed by atoms with Gasteiger partial charge in [-0.3, -0.25) is 4.79 Å². The highest BCUT2D eigenvalue weighted by Crippen LogP contribution is 2.45. The van der Waals surface area contributed by atoms with Gasteiger partial charge in [0, 0.05) is 43.7 Å². The highest BCUT2D eigenvalue weighted by Gasteiger charge is 2.46. The predicted molar refractivity (Wildman–Crippen MR) is 174 cm³/mol. The van der Waals surface area contributed by atoms with Crippen LogP contribution in [0.4, 0.5) is 10.2 Å². The average Bonchev–Trinajstić information content (AvgIpc) is 2.98. The van der Waals surface area contributed by atoms with Crippen LogP contribution in [0, 0.1) is 17.2 Å². The lowest BCUT2D eigenvalue weighted by Gasteiger charge is -2.54. The Morgan fingerprint density at radius 1 is 1.11 bits per heavy atom. The molecule has 0 unspecified atom stereocenters. The van der Waals surface area contributed by atoms with E-state index in [1.54, 1.807) is 24.9 Å². The molecule has 0 atom stereocenters. The zero-order chi connectivity index (χ0) is 32.4. The van der Waals surface area contributed by atoms with Crippen LogP contribution in [0.2, 0.25) is 0 Å². The van der Waals surface area contributed by atoms with E-state index >= 15 is 0 Å². The smallest absolute Gasteiger partial charge is 0.257 e. The standard InChI is InChI=1S/C33H49FN6O4S/c1-6-40(23(2)3)32(41)28-17-26(34)9-12-29(28)44-30-18-35-22-36-31(30)39-20-33(21-39)13-15-38(16-14-33)19-25-7-10-27(11-8-25)37-45(42,43)24(4)5/h9,12,17-18,22-25,27,37H,6-8,10-11,13-16,19-21H2,1-5H3/t25-,27+. The van der Waals surface area contributed by atoms with Crippen LogP contribution >= 0.6 is 0 Å². The van der Waals surface area contributed by atoms with Crippen LogP contribution in [0.5, 0.6) is 11.5 Å². The first-order chi connectivity index (χ1) is 21.4. The third-order valence-corrected chi connectivity index (χ3v) is 11.8. The number of anilines is 1. The monoisotopic (exact) mass is 644 g/mol. The third kappa shape index (κ3) is 7.77. The number of nitrogens with zero attached hydrogens (tertiary/aromatic N) is 5. The van der Waals surface area contributed by atoms with Crippen molar-refractivity contribution in [1.82, 2.24) is 24.5 Å². The van der Waals surface area contributed by atoms with E-state index in [1.807, 2.05) is 20.8 Å². The van der Waals surface area contributed by atoms with E-state index in [2.05, 4.69) is 24.5 Å². The Bertz CT molecular complexity index is 1430. The molecule has 45 heavy (non-hydrogen) atoms. The van der Waals surface area contributed by atoms with Crippen molar-refractivity contribution in [3.05, 3.63) is 42.1 Å². The lowest BCUT2D eigenvalue weighted by atomic mass is 9.71. The molecule has 3 fully saturated rings. The number of rotatable bonds is 11. The molecule has 2 aromatic rings. The second-order valence-corrected chi connectivity index (χ2v) is 16.0. The number of aromatic nitrogens is 2. The van der Waals surface area contributed by atoms with Gasteiger partial charge in [0.05, 0.1) is 17.0 Å². The maximum Gasteiger partial charge on any atom is 0.257 e. The number of ether oxygens (including phenoxy) is 1. The predicted octanol–water partition coefficient (Wildman–Crippen LogP) is 5.07. The van der Waals surface area contributed by atoms with E-state index in [-0.39, 0.29) is 34.7 Å². The van der Waals surface area contributed by atoms with Gasteiger partial charge in [0.15, 0.2) is 11.6 Å². The summed E-state index contributed by atoms with van der Waals surface area (Å²) in [6, 6.07) is 4.06. The fourth-order valence-corrected chi connectivity index (χ4v) is 8.00. The van der Waals surface area contributed by atoms with Crippen molar-refractivity contribution in [3.8, 4) is 11.5 Å². The van der Waals surface area contributed by atoms with E-state index < -0.39 is 21.1 Å². The lowest BCUT2D eigenvalue weighted by Crippen LogP contribution is -2.61. The third-order valence-electron chi connectivity index (χ3n) is 9.86. The molecule has 12 heteroatoms. The van der Waals surface area contributed by atoms with Gasteiger partial charge in [-0.1, -0.05) is 0 Å². The van der Waals surface area contributed by atoms with E-state index in [0.717, 1.165) is 71.2 Å². The summed E-state index contributed by atoms with van der Waals surface area (Å²) in [4.78, 5) is 28.5. The molecule has 2 aliphatic heterocycles. The number of benzene rings is 1. The van der Waals surface area contributed by atoms with Crippen molar-refractivity contribution in [2.45, 2.75) is 90.5 Å². The minimum atomic E-state index is -3.22. The number of nitrogens with one attached hydrogen (secondary N) is 1. The van der Waals surface area contributed by atoms with E-state index in [1.165, 1.54) is 24.5 Å². The molecular formula is C33H49FN6O4S. The number of amides is 1. The minimum Gasteiger partial charge on any atom is -0.451 e. The summed E-state index contributed by atoms with van der Waals surface area (Å²) in [7, 11) is -3.22. The summed E-state index contributed by atoms with van der Waals surface area (Å²) in [5.41, 5.74) is 0.416. The van der Waals surface area contributed by atoms with E-state index in [9.17, 15) is 17.6 Å². The molecule has 3 aliphatic rings. The number of hydrogen-bond donors (Lipinski definition) is 1. The Hall–Kier alpha value is -2.83. The minimum absolute atomic E-state index is 0.0362. The molecule has 2 saturated heterocycles. The summed E-state index contributed by atoms with van der Waals surface area (Å²) >= 11 is 0. The van der Waals surface area contributed by atoms with E-state index in [4.69, 9.17) is 4.74 Å². The molecule has 1 amide bonds. The second-order valence-electron chi connectivity index (χ2n) is 13.7. The van der Waals surface area contributed by atoms with Crippen molar-refractivity contribution < 1.29 is 22.3 Å². The molecule has 1 aromatic heterocycles. The normalized spacial score (nSPS) is 22.1. The molecular weight excluding hydrogens is 595 g/mol. The molecule has 1 N–H and O–H groups in total. The molecule has 1 aromatic carbocycles. The van der Waals surface area contributed by atoms with Crippen LogP contribution in [-0.2, 0) is 10.0 Å². The molecule has 10 nitrogen and oxygen atoms in total. The van der Waals surface area contributed by atoms with Gasteiger partial charge in [-0.05, 0) is 110 Å². The van der Waals surface area contributed by atoms with Gasteiger partial charge in [-0.15, -0.1) is 0 Å². The van der Waals surface area contributed by atoms with Gasteiger partial charge in [0.2, 0.25) is 10.0 Å². The number of carbonyl (C=O) groups excluding carboxylic acids is 1. The maximum absolute atomic E-state index is 14.3. The van der Waals surface area contributed by atoms with Gasteiger partial charge in [-0.2, -0.15) is 0 Å². The fraction of sp³-hybridized carbons (Fsp3) is 0.667. The topological polar surface area (TPSA) is 108 Å². The molecule has 1 aliphatic carbocycles. The zero-order valence-electron chi connectivity index (χ0n) is 27.3. The quantitative estimate of drug-likeness (QED) is 0.362. The molecule has 1 saturated carbocycles. The molecule has 1 spiro atoms. The number of likely N-dealkylation sites (tertiary alicyclic amines) is 1. The number of carbonyl (C=O) groups is 1. The molecule has 0 bridgehead atoms. The Morgan fingerprint density at radius 2 is 1.80 bits per heavy atom. The Labute approximate surface area is 267 Å². The molecule has 5 rings (SSSR count). The van der Waals surface area contributed by atoms with Gasteiger partial charge >= 0.3 is 0 Å². The number of hydrogen-bond acceptors (Lipinski definition) is 8. The lowest BCUT2D eigenvalue weighted by molar-refractivity contribution is 0.0618. The van der Waals surface area contributed by atoms with E-state index in [0.29, 0.717) is 24.0 Å². The van der Waals surface area contributed by atoms with Crippen LogP contribution in [0.25, 0.3) is 0 Å². The maximum atomic E-state index is 14.3. The summed E-state index contributed by atoms with van der Waals surface area (Å²) < 4.78 is 47.9.